The smallest absolute Gasteiger partial charge is 0.0159 e. The van der Waals surface area contributed by atoms with E-state index in [0.29, 0.717) is 0 Å². The Morgan fingerprint density at radius 1 is 0.273 bits per heavy atom. The van der Waals surface area contributed by atoms with Gasteiger partial charge in [-0.2, -0.15) is 0 Å². The maximum absolute atomic E-state index is 2.43. The first-order valence-corrected chi connectivity index (χ1v) is 19.3. The fourth-order valence-electron chi connectivity index (χ4n) is 9.40. The summed E-state index contributed by atoms with van der Waals surface area (Å²) in [6.07, 6.45) is 0. The predicted molar refractivity (Wildman–Crippen MR) is 236 cm³/mol. The maximum Gasteiger partial charge on any atom is 0.0159 e. The summed E-state index contributed by atoms with van der Waals surface area (Å²) >= 11 is 0. The average Bonchev–Trinajstić information content (AvgIpc) is 3.46. The van der Waals surface area contributed by atoms with E-state index in [0.717, 1.165) is 0 Å². The second kappa shape index (κ2) is 12.1. The minimum absolute atomic E-state index is 0.125. The lowest BCUT2D eigenvalue weighted by Crippen LogP contribution is -2.15. The van der Waals surface area contributed by atoms with Gasteiger partial charge in [0, 0.05) is 5.41 Å². The number of benzene rings is 10. The van der Waals surface area contributed by atoms with Gasteiger partial charge in [-0.1, -0.05) is 184 Å². The van der Waals surface area contributed by atoms with Crippen LogP contribution in [0.15, 0.2) is 194 Å². The highest BCUT2D eigenvalue weighted by Gasteiger charge is 2.36. The molecular formula is C55H38. The van der Waals surface area contributed by atoms with Gasteiger partial charge in [-0.25, -0.2) is 0 Å². The Bertz CT molecular complexity index is 2820. The zero-order chi connectivity index (χ0) is 36.7. The molecule has 10 aromatic carbocycles. The molecule has 0 N–H and O–H groups in total. The Morgan fingerprint density at radius 2 is 0.564 bits per heavy atom. The predicted octanol–water partition coefficient (Wildman–Crippen LogP) is 15.3. The third-order valence-electron chi connectivity index (χ3n) is 12.2. The van der Waals surface area contributed by atoms with Crippen LogP contribution in [0.2, 0.25) is 0 Å². The molecule has 0 aliphatic heterocycles. The summed E-state index contributed by atoms with van der Waals surface area (Å²) in [7, 11) is 0. The molecular weight excluding hydrogens is 661 g/mol. The highest BCUT2D eigenvalue weighted by molar-refractivity contribution is 6.14. The molecule has 0 radical (unpaired) electrons. The van der Waals surface area contributed by atoms with Crippen LogP contribution in [0.25, 0.3) is 98.7 Å². The number of hydrogen-bond acceptors (Lipinski definition) is 0. The van der Waals surface area contributed by atoms with Crippen LogP contribution >= 0.6 is 0 Å². The van der Waals surface area contributed by atoms with E-state index in [-0.39, 0.29) is 5.41 Å². The monoisotopic (exact) mass is 698 g/mol. The summed E-state index contributed by atoms with van der Waals surface area (Å²) in [4.78, 5) is 0. The van der Waals surface area contributed by atoms with Gasteiger partial charge in [0.05, 0.1) is 0 Å². The van der Waals surface area contributed by atoms with E-state index in [4.69, 9.17) is 0 Å². The lowest BCUT2D eigenvalue weighted by Gasteiger charge is -2.23. The van der Waals surface area contributed by atoms with Crippen molar-refractivity contribution in [1.29, 1.82) is 0 Å². The van der Waals surface area contributed by atoms with Crippen LogP contribution in [-0.2, 0) is 5.41 Å². The van der Waals surface area contributed by atoms with E-state index in [1.54, 1.807) is 0 Å². The summed E-state index contributed by atoms with van der Waals surface area (Å²) in [6.45, 7) is 4.77. The van der Waals surface area contributed by atoms with Gasteiger partial charge in [0.2, 0.25) is 0 Å². The van der Waals surface area contributed by atoms with E-state index in [1.165, 1.54) is 110 Å². The average molecular weight is 699 g/mol. The second-order valence-corrected chi connectivity index (χ2v) is 15.7. The van der Waals surface area contributed by atoms with Gasteiger partial charge in [0.15, 0.2) is 0 Å². The Hall–Kier alpha value is -6.76. The van der Waals surface area contributed by atoms with Crippen molar-refractivity contribution in [3.8, 4) is 55.6 Å². The molecule has 10 aromatic rings. The van der Waals surface area contributed by atoms with Crippen LogP contribution in [0.5, 0.6) is 0 Å². The summed E-state index contributed by atoms with van der Waals surface area (Å²) in [5.41, 5.74) is 15.4. The first-order chi connectivity index (χ1) is 27.0. The second-order valence-electron chi connectivity index (χ2n) is 15.7. The minimum atomic E-state index is -0.125. The van der Waals surface area contributed by atoms with E-state index < -0.39 is 0 Å². The van der Waals surface area contributed by atoms with Crippen molar-refractivity contribution < 1.29 is 0 Å². The minimum Gasteiger partial charge on any atom is -0.0616 e. The molecule has 0 aromatic heterocycles. The Balaban J connectivity index is 0.926. The molecule has 0 unspecified atom stereocenters. The van der Waals surface area contributed by atoms with E-state index in [2.05, 4.69) is 208 Å². The highest BCUT2D eigenvalue weighted by Crippen LogP contribution is 2.51. The Kier molecular flexibility index (Phi) is 7.00. The summed E-state index contributed by atoms with van der Waals surface area (Å²) in [5.74, 6) is 0. The van der Waals surface area contributed by atoms with Gasteiger partial charge in [-0.05, 0) is 134 Å². The summed E-state index contributed by atoms with van der Waals surface area (Å²) in [6, 6.07) is 72.1. The van der Waals surface area contributed by atoms with E-state index in [1.807, 2.05) is 0 Å². The van der Waals surface area contributed by atoms with E-state index >= 15 is 0 Å². The largest absolute Gasteiger partial charge is 0.0616 e. The van der Waals surface area contributed by atoms with Crippen molar-refractivity contribution in [3.63, 3.8) is 0 Å². The van der Waals surface area contributed by atoms with Gasteiger partial charge in [0.1, 0.15) is 0 Å². The van der Waals surface area contributed by atoms with Crippen LogP contribution in [0.3, 0.4) is 0 Å². The summed E-state index contributed by atoms with van der Waals surface area (Å²) < 4.78 is 0. The van der Waals surface area contributed by atoms with Gasteiger partial charge in [-0.3, -0.25) is 0 Å². The lowest BCUT2D eigenvalue weighted by molar-refractivity contribution is 0.661. The zero-order valence-electron chi connectivity index (χ0n) is 31.0. The Morgan fingerprint density at radius 3 is 0.909 bits per heavy atom. The fourth-order valence-corrected chi connectivity index (χ4v) is 9.40. The molecule has 0 heteroatoms. The molecule has 0 heterocycles. The topological polar surface area (TPSA) is 0 Å². The molecule has 1 aliphatic carbocycles. The number of rotatable bonds is 4. The zero-order valence-corrected chi connectivity index (χ0v) is 31.0. The first-order valence-electron chi connectivity index (χ1n) is 19.3. The normalized spacial score (nSPS) is 13.1. The lowest BCUT2D eigenvalue weighted by atomic mass is 9.80. The van der Waals surface area contributed by atoms with E-state index in [9.17, 15) is 0 Å². The van der Waals surface area contributed by atoms with Gasteiger partial charge < -0.3 is 0 Å². The molecule has 0 bridgehead atoms. The third kappa shape index (κ3) is 4.99. The highest BCUT2D eigenvalue weighted by atomic mass is 14.4. The van der Waals surface area contributed by atoms with Crippen LogP contribution in [0.1, 0.15) is 25.0 Å². The molecule has 1 aliphatic rings. The quantitative estimate of drug-likeness (QED) is 0.161. The molecule has 258 valence electrons. The fraction of sp³-hybridized carbons (Fsp3) is 0.0545. The molecule has 0 saturated carbocycles. The number of fused-ring (bicyclic) bond motifs is 7. The molecule has 0 amide bonds. The van der Waals surface area contributed by atoms with Gasteiger partial charge >= 0.3 is 0 Å². The molecule has 0 spiro atoms. The van der Waals surface area contributed by atoms with Crippen molar-refractivity contribution in [2.45, 2.75) is 19.3 Å². The van der Waals surface area contributed by atoms with Gasteiger partial charge in [0.25, 0.3) is 0 Å². The molecule has 11 rings (SSSR count). The standard InChI is InChI=1S/C55H38/c1-55(2)51-33-39(35-19-23-37(24-20-35)53-45-15-7-3-11-41(45)31-42-12-4-8-16-46(42)53)27-29-49(51)50-30-28-40(34-52(50)55)36-21-25-38(26-22-36)54-47-17-9-5-13-43(47)32-44-14-6-10-18-48(44)54/h3-34H,1-2H3. The van der Waals surface area contributed by atoms with Crippen LogP contribution in [-0.4, -0.2) is 0 Å². The number of hydrogen-bond donors (Lipinski definition) is 0. The SMILES string of the molecule is CC1(C)c2cc(-c3ccc(-c4c5ccccc5cc5ccccc45)cc3)ccc2-c2ccc(-c3ccc(-c4c5ccccc5cc5ccccc45)cc3)cc21. The molecule has 0 saturated heterocycles. The van der Waals surface area contributed by atoms with Crippen molar-refractivity contribution in [1.82, 2.24) is 0 Å². The van der Waals surface area contributed by atoms with Crippen molar-refractivity contribution in [2.75, 3.05) is 0 Å². The Labute approximate surface area is 322 Å². The molecule has 0 fully saturated rings. The van der Waals surface area contributed by atoms with Gasteiger partial charge in [-0.15, -0.1) is 0 Å². The van der Waals surface area contributed by atoms with Crippen molar-refractivity contribution in [2.24, 2.45) is 0 Å². The first kappa shape index (κ1) is 31.7. The molecule has 0 atom stereocenters. The molecule has 0 nitrogen and oxygen atoms in total. The van der Waals surface area contributed by atoms with Crippen LogP contribution < -0.4 is 0 Å². The van der Waals surface area contributed by atoms with Crippen LogP contribution in [0, 0.1) is 0 Å². The third-order valence-corrected chi connectivity index (χ3v) is 12.2. The van der Waals surface area contributed by atoms with Crippen molar-refractivity contribution in [3.05, 3.63) is 205 Å². The van der Waals surface area contributed by atoms with Crippen molar-refractivity contribution >= 4 is 43.1 Å². The summed E-state index contributed by atoms with van der Waals surface area (Å²) in [5, 5.41) is 10.3. The molecule has 55 heavy (non-hydrogen) atoms. The van der Waals surface area contributed by atoms with Crippen LogP contribution in [0.4, 0.5) is 0 Å². The maximum atomic E-state index is 2.43.